The minimum Gasteiger partial charge on any atom is -0.494 e. The molecule has 8 nitrogen and oxygen atoms in total. The van der Waals surface area contributed by atoms with Crippen LogP contribution in [-0.4, -0.2) is 65.6 Å². The summed E-state index contributed by atoms with van der Waals surface area (Å²) in [6, 6.07) is 21.7. The number of aliphatic hydroxyl groups excluding tert-OH is 1. The first-order valence-corrected chi connectivity index (χ1v) is 14.5. The zero-order valence-corrected chi connectivity index (χ0v) is 24.1. The zero-order chi connectivity index (χ0) is 28.2. The van der Waals surface area contributed by atoms with Gasteiger partial charge in [-0.3, -0.25) is 0 Å². The van der Waals surface area contributed by atoms with Gasteiger partial charge in [0, 0.05) is 26.2 Å². The van der Waals surface area contributed by atoms with E-state index in [9.17, 15) is 0 Å². The fourth-order valence-electron chi connectivity index (χ4n) is 4.91. The molecule has 1 aliphatic rings. The second-order valence-electron chi connectivity index (χ2n) is 9.29. The van der Waals surface area contributed by atoms with E-state index in [-0.39, 0.29) is 37.5 Å². The highest BCUT2D eigenvalue weighted by Gasteiger charge is 2.45. The van der Waals surface area contributed by atoms with Crippen molar-refractivity contribution in [2.45, 2.75) is 23.5 Å². The van der Waals surface area contributed by atoms with Crippen LogP contribution in [0.4, 0.5) is 0 Å². The summed E-state index contributed by atoms with van der Waals surface area (Å²) >= 11 is 1.81. The van der Waals surface area contributed by atoms with Crippen LogP contribution in [0, 0.1) is 0 Å². The average Bonchev–Trinajstić information content (AvgIpc) is 3.00. The Morgan fingerprint density at radius 3 is 2.00 bits per heavy atom. The standard InChI is InChI=1S/C31H38O8S/c1-33-21-38-26-8-6-23(7-9-26)31(40-3)20-37-30-19-27(39-22-34-2)14-15-28(30)29(31)5-4-17-35-24-10-12-25(13-11-24)36-18-16-32/h6-15,19,29,32H,4-5,16-18,20-22H2,1-3H3. The number of thioether (sulfide) groups is 1. The van der Waals surface area contributed by atoms with Crippen molar-refractivity contribution in [3.8, 4) is 28.7 Å². The van der Waals surface area contributed by atoms with E-state index in [2.05, 4.69) is 24.5 Å². The van der Waals surface area contributed by atoms with Gasteiger partial charge >= 0.3 is 0 Å². The Bertz CT molecular complexity index is 1170. The fraction of sp³-hybridized carbons (Fsp3) is 0.419. The summed E-state index contributed by atoms with van der Waals surface area (Å²) in [5, 5.41) is 8.93. The third-order valence-electron chi connectivity index (χ3n) is 6.85. The molecule has 1 N–H and O–H groups in total. The number of benzene rings is 3. The monoisotopic (exact) mass is 570 g/mol. The van der Waals surface area contributed by atoms with Crippen molar-refractivity contribution in [2.75, 3.05) is 60.5 Å². The van der Waals surface area contributed by atoms with E-state index in [0.29, 0.717) is 24.7 Å². The molecule has 0 saturated carbocycles. The molecule has 9 heteroatoms. The van der Waals surface area contributed by atoms with Crippen molar-refractivity contribution in [1.29, 1.82) is 0 Å². The minimum absolute atomic E-state index is 0.0155. The quantitative estimate of drug-likeness (QED) is 0.174. The number of ether oxygens (including phenoxy) is 7. The van der Waals surface area contributed by atoms with Gasteiger partial charge in [0.25, 0.3) is 0 Å². The molecule has 2 unspecified atom stereocenters. The number of methoxy groups -OCH3 is 2. The van der Waals surface area contributed by atoms with Crippen LogP contribution < -0.4 is 23.7 Å². The molecule has 0 saturated heterocycles. The van der Waals surface area contributed by atoms with Crippen molar-refractivity contribution >= 4 is 11.8 Å². The second kappa shape index (κ2) is 15.0. The lowest BCUT2D eigenvalue weighted by atomic mass is 9.76. The molecule has 0 spiro atoms. The number of fused-ring (bicyclic) bond motifs is 1. The summed E-state index contributed by atoms with van der Waals surface area (Å²) < 4.78 is 39.0. The topological polar surface area (TPSA) is 84.8 Å². The Kier molecular flexibility index (Phi) is 11.2. The number of hydrogen-bond donors (Lipinski definition) is 1. The third-order valence-corrected chi connectivity index (χ3v) is 8.22. The number of rotatable bonds is 16. The molecule has 1 heterocycles. The van der Waals surface area contributed by atoms with Crippen LogP contribution in [0.5, 0.6) is 28.7 Å². The molecule has 3 aromatic carbocycles. The molecule has 0 aliphatic carbocycles. The molecule has 40 heavy (non-hydrogen) atoms. The van der Waals surface area contributed by atoms with E-state index in [1.54, 1.807) is 14.2 Å². The van der Waals surface area contributed by atoms with Crippen molar-refractivity contribution in [3.63, 3.8) is 0 Å². The zero-order valence-electron chi connectivity index (χ0n) is 23.3. The summed E-state index contributed by atoms with van der Waals surface area (Å²) in [5.41, 5.74) is 2.33. The Morgan fingerprint density at radius 1 is 0.800 bits per heavy atom. The lowest BCUT2D eigenvalue weighted by molar-refractivity contribution is 0.0506. The molecule has 216 valence electrons. The van der Waals surface area contributed by atoms with Gasteiger partial charge in [-0.1, -0.05) is 18.2 Å². The van der Waals surface area contributed by atoms with Crippen LogP contribution >= 0.6 is 11.8 Å². The van der Waals surface area contributed by atoms with E-state index in [4.69, 9.17) is 38.3 Å². The lowest BCUT2D eigenvalue weighted by Crippen LogP contribution is -2.40. The van der Waals surface area contributed by atoms with E-state index < -0.39 is 0 Å². The summed E-state index contributed by atoms with van der Waals surface area (Å²) in [4.78, 5) is 0. The van der Waals surface area contributed by atoms with Gasteiger partial charge in [0.2, 0.25) is 0 Å². The van der Waals surface area contributed by atoms with E-state index >= 15 is 0 Å². The second-order valence-corrected chi connectivity index (χ2v) is 10.4. The highest BCUT2D eigenvalue weighted by molar-refractivity contribution is 7.99. The Balaban J connectivity index is 1.52. The van der Waals surface area contributed by atoms with Crippen LogP contribution in [0.15, 0.2) is 66.7 Å². The highest BCUT2D eigenvalue weighted by Crippen LogP contribution is 2.54. The van der Waals surface area contributed by atoms with Gasteiger partial charge in [-0.25, -0.2) is 0 Å². The summed E-state index contributed by atoms with van der Waals surface area (Å²) in [5.74, 6) is 3.97. The van der Waals surface area contributed by atoms with Crippen molar-refractivity contribution in [3.05, 3.63) is 77.9 Å². The first-order valence-electron chi connectivity index (χ1n) is 13.3. The van der Waals surface area contributed by atoms with Crippen LogP contribution in [0.25, 0.3) is 0 Å². The van der Waals surface area contributed by atoms with Crippen molar-refractivity contribution < 1.29 is 38.3 Å². The first-order chi connectivity index (χ1) is 19.6. The molecule has 1 aliphatic heterocycles. The molecular weight excluding hydrogens is 532 g/mol. The number of hydrogen-bond acceptors (Lipinski definition) is 9. The van der Waals surface area contributed by atoms with Gasteiger partial charge in [0.05, 0.1) is 18.0 Å². The molecule has 0 bridgehead atoms. The Hall–Kier alpha value is -3.11. The predicted octanol–water partition coefficient (Wildman–Crippen LogP) is 5.62. The molecule has 0 radical (unpaired) electrons. The minimum atomic E-state index is -0.298. The third kappa shape index (κ3) is 7.34. The Labute approximate surface area is 240 Å². The summed E-state index contributed by atoms with van der Waals surface area (Å²) in [7, 11) is 3.21. The molecule has 3 aromatic rings. The van der Waals surface area contributed by atoms with Crippen LogP contribution in [0.2, 0.25) is 0 Å². The Morgan fingerprint density at radius 2 is 1.38 bits per heavy atom. The maximum atomic E-state index is 8.93. The SMILES string of the molecule is COCOc1ccc(C2(SC)COc3cc(OCOC)ccc3C2CCCOc2ccc(OCCO)cc2)cc1. The fourth-order valence-corrected chi connectivity index (χ4v) is 5.98. The van der Waals surface area contributed by atoms with Gasteiger partial charge < -0.3 is 38.3 Å². The van der Waals surface area contributed by atoms with E-state index in [1.807, 2.05) is 60.3 Å². The van der Waals surface area contributed by atoms with Crippen LogP contribution in [0.1, 0.15) is 29.9 Å². The summed E-state index contributed by atoms with van der Waals surface area (Å²) in [6.07, 6.45) is 3.89. The van der Waals surface area contributed by atoms with E-state index in [1.165, 1.54) is 5.56 Å². The average molecular weight is 571 g/mol. The first kappa shape index (κ1) is 29.9. The molecule has 4 rings (SSSR count). The number of aliphatic hydroxyl groups is 1. The van der Waals surface area contributed by atoms with Crippen molar-refractivity contribution in [1.82, 2.24) is 0 Å². The molecule has 2 atom stereocenters. The van der Waals surface area contributed by atoms with Gasteiger partial charge in [0.15, 0.2) is 13.6 Å². The maximum Gasteiger partial charge on any atom is 0.188 e. The van der Waals surface area contributed by atoms with Gasteiger partial charge in [0.1, 0.15) is 42.0 Å². The molecule has 0 aromatic heterocycles. The van der Waals surface area contributed by atoms with Crippen molar-refractivity contribution in [2.24, 2.45) is 0 Å². The molecule has 0 amide bonds. The van der Waals surface area contributed by atoms with Gasteiger partial charge in [-0.15, -0.1) is 11.8 Å². The lowest BCUT2D eigenvalue weighted by Gasteiger charge is -2.44. The van der Waals surface area contributed by atoms with Crippen LogP contribution in [0.3, 0.4) is 0 Å². The largest absolute Gasteiger partial charge is 0.494 e. The normalized spacial score (nSPS) is 17.9. The maximum absolute atomic E-state index is 8.93. The summed E-state index contributed by atoms with van der Waals surface area (Å²) in [6.45, 7) is 1.74. The van der Waals surface area contributed by atoms with E-state index in [0.717, 1.165) is 35.7 Å². The molecular formula is C31H38O8S. The highest BCUT2D eigenvalue weighted by atomic mass is 32.2. The van der Waals surface area contributed by atoms with Gasteiger partial charge in [-0.05, 0) is 72.7 Å². The molecule has 0 fully saturated rings. The van der Waals surface area contributed by atoms with Gasteiger partial charge in [-0.2, -0.15) is 0 Å². The smallest absolute Gasteiger partial charge is 0.188 e. The van der Waals surface area contributed by atoms with Crippen LogP contribution in [-0.2, 0) is 14.2 Å². The predicted molar refractivity (Wildman–Crippen MR) is 155 cm³/mol.